The Morgan fingerprint density at radius 2 is 2.08 bits per heavy atom. The highest BCUT2D eigenvalue weighted by Crippen LogP contribution is 2.17. The minimum absolute atomic E-state index is 0.163. The fourth-order valence-corrected chi connectivity index (χ4v) is 3.33. The third-order valence-electron chi connectivity index (χ3n) is 4.72. The molecule has 1 saturated heterocycles. The smallest absolute Gasteiger partial charge is 0.244 e. The van der Waals surface area contributed by atoms with Crippen molar-refractivity contribution in [3.8, 4) is 0 Å². The van der Waals surface area contributed by atoms with E-state index in [9.17, 15) is 4.79 Å². The van der Waals surface area contributed by atoms with E-state index >= 15 is 0 Å². The Labute approximate surface area is 143 Å². The van der Waals surface area contributed by atoms with Crippen LogP contribution in [-0.2, 0) is 17.9 Å². The number of hydrogen-bond acceptors (Lipinski definition) is 3. The first-order valence-corrected chi connectivity index (χ1v) is 8.64. The number of carbonyl (C=O) groups excluding carboxylic acids is 1. The number of nitrogens with zero attached hydrogens (tertiary/aromatic N) is 4. The molecule has 3 rings (SSSR count). The molecule has 1 atom stereocenters. The Hall–Kier alpha value is -2.14. The molecule has 0 spiro atoms. The number of likely N-dealkylation sites (N-methyl/N-ethyl adjacent to an activating group) is 1. The van der Waals surface area contributed by atoms with Crippen molar-refractivity contribution >= 4 is 5.91 Å². The molecule has 5 heteroatoms. The molecule has 1 amide bonds. The molecule has 128 valence electrons. The fraction of sp³-hybridized carbons (Fsp3) is 0.474. The molecule has 5 nitrogen and oxygen atoms in total. The number of rotatable bonds is 5. The van der Waals surface area contributed by atoms with Gasteiger partial charge in [-0.05, 0) is 38.4 Å². The lowest BCUT2D eigenvalue weighted by atomic mass is 10.0. The molecule has 1 aromatic heterocycles. The minimum atomic E-state index is 0.163. The highest BCUT2D eigenvalue weighted by Gasteiger charge is 2.26. The first-order valence-electron chi connectivity index (χ1n) is 8.64. The summed E-state index contributed by atoms with van der Waals surface area (Å²) in [7, 11) is 2.16. The van der Waals surface area contributed by atoms with Crippen LogP contribution in [0.5, 0.6) is 0 Å². The van der Waals surface area contributed by atoms with E-state index in [1.165, 1.54) is 5.56 Å². The van der Waals surface area contributed by atoms with E-state index in [4.69, 9.17) is 0 Å². The maximum absolute atomic E-state index is 12.5. The van der Waals surface area contributed by atoms with Gasteiger partial charge in [0.25, 0.3) is 0 Å². The normalized spacial score (nSPS) is 18.1. The summed E-state index contributed by atoms with van der Waals surface area (Å²) >= 11 is 0. The van der Waals surface area contributed by atoms with Gasteiger partial charge in [0, 0.05) is 31.9 Å². The van der Waals surface area contributed by atoms with Crippen molar-refractivity contribution in [2.24, 2.45) is 0 Å². The minimum Gasteiger partial charge on any atom is -0.340 e. The molecule has 24 heavy (non-hydrogen) atoms. The summed E-state index contributed by atoms with van der Waals surface area (Å²) in [4.78, 5) is 16.9. The van der Waals surface area contributed by atoms with E-state index in [2.05, 4.69) is 41.3 Å². The second-order valence-electron chi connectivity index (χ2n) is 6.69. The van der Waals surface area contributed by atoms with Crippen LogP contribution in [0.2, 0.25) is 0 Å². The van der Waals surface area contributed by atoms with Crippen LogP contribution in [0.1, 0.15) is 24.1 Å². The van der Waals surface area contributed by atoms with Gasteiger partial charge in [0.2, 0.25) is 5.91 Å². The van der Waals surface area contributed by atoms with E-state index in [0.29, 0.717) is 12.6 Å². The van der Waals surface area contributed by atoms with Gasteiger partial charge in [-0.3, -0.25) is 14.4 Å². The fourth-order valence-electron chi connectivity index (χ4n) is 3.33. The van der Waals surface area contributed by atoms with Crippen molar-refractivity contribution in [2.45, 2.75) is 38.9 Å². The average Bonchev–Trinajstić information content (AvgIpc) is 3.00. The largest absolute Gasteiger partial charge is 0.340 e. The molecule has 1 aliphatic heterocycles. The third-order valence-corrected chi connectivity index (χ3v) is 4.72. The first-order chi connectivity index (χ1) is 11.6. The van der Waals surface area contributed by atoms with Crippen molar-refractivity contribution in [1.82, 2.24) is 19.6 Å². The maximum atomic E-state index is 12.5. The zero-order valence-electron chi connectivity index (χ0n) is 14.6. The molecule has 0 saturated carbocycles. The lowest BCUT2D eigenvalue weighted by Crippen LogP contribution is -2.49. The van der Waals surface area contributed by atoms with Crippen molar-refractivity contribution in [2.75, 3.05) is 20.1 Å². The predicted octanol–water partition coefficient (Wildman–Crippen LogP) is 2.31. The van der Waals surface area contributed by atoms with Crippen LogP contribution in [0.15, 0.2) is 42.6 Å². The van der Waals surface area contributed by atoms with Crippen LogP contribution in [0.4, 0.5) is 0 Å². The Morgan fingerprint density at radius 3 is 2.79 bits per heavy atom. The van der Waals surface area contributed by atoms with Gasteiger partial charge in [-0.25, -0.2) is 0 Å². The number of aryl methyl sites for hydroxylation is 1. The van der Waals surface area contributed by atoms with Gasteiger partial charge >= 0.3 is 0 Å². The lowest BCUT2D eigenvalue weighted by Gasteiger charge is -2.37. The molecular weight excluding hydrogens is 300 g/mol. The van der Waals surface area contributed by atoms with Crippen molar-refractivity contribution in [1.29, 1.82) is 0 Å². The average molecular weight is 326 g/mol. The van der Waals surface area contributed by atoms with E-state index in [0.717, 1.165) is 38.2 Å². The molecule has 1 fully saturated rings. The molecule has 0 radical (unpaired) electrons. The summed E-state index contributed by atoms with van der Waals surface area (Å²) in [6.45, 7) is 4.86. The standard InChI is InChI=1S/C19H26N4O/c1-16-10-12-23(20-16)15-19(24)22-11-6-9-18(14-22)21(2)13-17-7-4-3-5-8-17/h3-5,7-8,10,12,18H,6,9,11,13-15H2,1-2H3. The van der Waals surface area contributed by atoms with Crippen molar-refractivity contribution in [3.63, 3.8) is 0 Å². The summed E-state index contributed by atoms with van der Waals surface area (Å²) < 4.78 is 1.73. The summed E-state index contributed by atoms with van der Waals surface area (Å²) in [6.07, 6.45) is 4.08. The Kier molecular flexibility index (Phi) is 5.30. The summed E-state index contributed by atoms with van der Waals surface area (Å²) in [5.41, 5.74) is 2.26. The van der Waals surface area contributed by atoms with Gasteiger partial charge < -0.3 is 4.90 Å². The number of aromatic nitrogens is 2. The Bertz CT molecular complexity index is 667. The Morgan fingerprint density at radius 1 is 1.29 bits per heavy atom. The number of carbonyl (C=O) groups is 1. The van der Waals surface area contributed by atoms with Crippen LogP contribution in [0.3, 0.4) is 0 Å². The highest BCUT2D eigenvalue weighted by atomic mass is 16.2. The summed E-state index contributed by atoms with van der Waals surface area (Å²) in [5, 5.41) is 4.31. The van der Waals surface area contributed by atoms with E-state index < -0.39 is 0 Å². The van der Waals surface area contributed by atoms with Crippen LogP contribution >= 0.6 is 0 Å². The van der Waals surface area contributed by atoms with Crippen LogP contribution in [0, 0.1) is 6.92 Å². The second-order valence-corrected chi connectivity index (χ2v) is 6.69. The number of piperidine rings is 1. The third kappa shape index (κ3) is 4.23. The van der Waals surface area contributed by atoms with Gasteiger partial charge in [-0.2, -0.15) is 5.10 Å². The zero-order valence-corrected chi connectivity index (χ0v) is 14.6. The summed E-state index contributed by atoms with van der Waals surface area (Å²) in [5.74, 6) is 0.163. The molecule has 1 unspecified atom stereocenters. The highest BCUT2D eigenvalue weighted by molar-refractivity contribution is 5.76. The van der Waals surface area contributed by atoms with Crippen LogP contribution < -0.4 is 0 Å². The first kappa shape index (κ1) is 16.7. The SMILES string of the molecule is Cc1ccn(CC(=O)N2CCCC(N(C)Cc3ccccc3)C2)n1. The monoisotopic (exact) mass is 326 g/mol. The molecular formula is C19H26N4O. The summed E-state index contributed by atoms with van der Waals surface area (Å²) in [6, 6.07) is 12.9. The van der Waals surface area contributed by atoms with Crippen LogP contribution in [-0.4, -0.2) is 51.7 Å². The van der Waals surface area contributed by atoms with Gasteiger partial charge in [-0.15, -0.1) is 0 Å². The van der Waals surface area contributed by atoms with Gasteiger partial charge in [0.15, 0.2) is 0 Å². The van der Waals surface area contributed by atoms with E-state index in [1.54, 1.807) is 4.68 Å². The number of amides is 1. The van der Waals surface area contributed by atoms with Gasteiger partial charge in [-0.1, -0.05) is 30.3 Å². The topological polar surface area (TPSA) is 41.4 Å². The predicted molar refractivity (Wildman–Crippen MR) is 94.5 cm³/mol. The molecule has 2 aromatic rings. The molecule has 0 N–H and O–H groups in total. The van der Waals surface area contributed by atoms with Gasteiger partial charge in [0.1, 0.15) is 6.54 Å². The van der Waals surface area contributed by atoms with Crippen LogP contribution in [0.25, 0.3) is 0 Å². The quantitative estimate of drug-likeness (QED) is 0.847. The van der Waals surface area contributed by atoms with Crippen molar-refractivity contribution in [3.05, 3.63) is 53.9 Å². The number of hydrogen-bond donors (Lipinski definition) is 0. The molecule has 0 bridgehead atoms. The lowest BCUT2D eigenvalue weighted by molar-refractivity contribution is -0.134. The van der Waals surface area contributed by atoms with Crippen molar-refractivity contribution < 1.29 is 4.79 Å². The molecule has 1 aromatic carbocycles. The van der Waals surface area contributed by atoms with E-state index in [-0.39, 0.29) is 5.91 Å². The number of likely N-dealkylation sites (tertiary alicyclic amines) is 1. The molecule has 2 heterocycles. The Balaban J connectivity index is 1.56. The van der Waals surface area contributed by atoms with E-state index in [1.807, 2.05) is 30.2 Å². The number of benzene rings is 1. The zero-order chi connectivity index (χ0) is 16.9. The molecule has 1 aliphatic rings. The molecule has 0 aliphatic carbocycles. The second kappa shape index (κ2) is 7.62. The van der Waals surface area contributed by atoms with Gasteiger partial charge in [0.05, 0.1) is 5.69 Å². The maximum Gasteiger partial charge on any atom is 0.244 e.